The highest BCUT2D eigenvalue weighted by atomic mass is 16.5. The summed E-state index contributed by atoms with van der Waals surface area (Å²) in [6.07, 6.45) is 3.73. The van der Waals surface area contributed by atoms with E-state index >= 15 is 0 Å². The Morgan fingerprint density at radius 1 is 1.11 bits per heavy atom. The van der Waals surface area contributed by atoms with Crippen LogP contribution in [0.5, 0.6) is 17.2 Å². The Balaban J connectivity index is 1.35. The Morgan fingerprint density at radius 3 is 2.77 bits per heavy atom. The van der Waals surface area contributed by atoms with Crippen molar-refractivity contribution in [3.05, 3.63) is 71.8 Å². The predicted octanol–water partition coefficient (Wildman–Crippen LogP) is 3.23. The lowest BCUT2D eigenvalue weighted by Gasteiger charge is -2.30. The second-order valence-electron chi connectivity index (χ2n) is 9.09. The van der Waals surface area contributed by atoms with Crippen LogP contribution >= 0.6 is 0 Å². The number of benzene rings is 2. The fourth-order valence-electron chi connectivity index (χ4n) is 4.22. The lowest BCUT2D eigenvalue weighted by molar-refractivity contribution is -0.0646. The summed E-state index contributed by atoms with van der Waals surface area (Å²) in [7, 11) is 1.65. The summed E-state index contributed by atoms with van der Waals surface area (Å²) in [5.74, 6) is 3.10. The Bertz CT molecular complexity index is 1100. The minimum atomic E-state index is -1.10. The van der Waals surface area contributed by atoms with Crippen molar-refractivity contribution >= 4 is 0 Å². The molecule has 0 radical (unpaired) electrons. The number of aromatic nitrogens is 2. The maximum absolute atomic E-state index is 11.2. The smallest absolute Gasteiger partial charge is 0.161 e. The van der Waals surface area contributed by atoms with Crippen molar-refractivity contribution < 1.29 is 24.1 Å². The molecule has 8 nitrogen and oxygen atoms in total. The van der Waals surface area contributed by atoms with Crippen molar-refractivity contribution in [2.24, 2.45) is 0 Å². The molecule has 1 atom stereocenters. The highest BCUT2D eigenvalue weighted by Crippen LogP contribution is 2.29. The summed E-state index contributed by atoms with van der Waals surface area (Å²) in [5.41, 5.74) is 1.09. The number of methoxy groups -OCH3 is 1. The van der Waals surface area contributed by atoms with Gasteiger partial charge in [0.05, 0.1) is 26.9 Å². The van der Waals surface area contributed by atoms with Crippen molar-refractivity contribution in [1.29, 1.82) is 0 Å². The van der Waals surface area contributed by atoms with Gasteiger partial charge in [0.25, 0.3) is 0 Å². The number of nitrogens with zero attached hydrogens (tertiary/aromatic N) is 3. The van der Waals surface area contributed by atoms with Gasteiger partial charge in [-0.3, -0.25) is 4.90 Å². The van der Waals surface area contributed by atoms with Gasteiger partial charge in [-0.2, -0.15) is 0 Å². The quantitative estimate of drug-likeness (QED) is 0.476. The Hall–Kier alpha value is -3.07. The minimum absolute atomic E-state index is 0.166. The third-order valence-electron chi connectivity index (χ3n) is 6.09. The van der Waals surface area contributed by atoms with E-state index in [1.54, 1.807) is 13.3 Å². The molecule has 0 bridgehead atoms. The molecule has 0 spiro atoms. The number of aliphatic hydroxyl groups is 1. The minimum Gasteiger partial charge on any atom is -0.493 e. The van der Waals surface area contributed by atoms with E-state index in [2.05, 4.69) is 9.88 Å². The standard InChI is InChI=1S/C27H35N3O5/c1-21-5-4-6-24(15-21)35-20-27(31)18-29(11-13-33-19-27)17-23-7-8-25(26(16-23)32-3)34-14-12-30-10-9-28-22(30)2/h4-10,15-16,31H,11-14,17-20H2,1-3H3/t27-/m1/s1. The van der Waals surface area contributed by atoms with Gasteiger partial charge >= 0.3 is 0 Å². The molecule has 1 aliphatic heterocycles. The summed E-state index contributed by atoms with van der Waals surface area (Å²) >= 11 is 0. The number of ether oxygens (including phenoxy) is 4. The van der Waals surface area contributed by atoms with Crippen molar-refractivity contribution in [1.82, 2.24) is 14.5 Å². The maximum Gasteiger partial charge on any atom is 0.161 e. The van der Waals surface area contributed by atoms with Gasteiger partial charge in [-0.05, 0) is 49.2 Å². The highest BCUT2D eigenvalue weighted by Gasteiger charge is 2.33. The van der Waals surface area contributed by atoms with Crippen molar-refractivity contribution in [3.8, 4) is 17.2 Å². The molecule has 1 aromatic heterocycles. The van der Waals surface area contributed by atoms with Crippen LogP contribution in [-0.4, -0.2) is 71.8 Å². The van der Waals surface area contributed by atoms with Crippen molar-refractivity contribution in [3.63, 3.8) is 0 Å². The number of aryl methyl sites for hydroxylation is 2. The summed E-state index contributed by atoms with van der Waals surface area (Å²) in [6, 6.07) is 13.8. The first-order valence-electron chi connectivity index (χ1n) is 11.9. The fraction of sp³-hybridized carbons (Fsp3) is 0.444. The average Bonchev–Trinajstić information content (AvgIpc) is 3.16. The van der Waals surface area contributed by atoms with E-state index in [0.717, 1.165) is 29.2 Å². The molecule has 0 aliphatic carbocycles. The first-order valence-corrected chi connectivity index (χ1v) is 11.9. The maximum atomic E-state index is 11.2. The Labute approximate surface area is 207 Å². The zero-order valence-corrected chi connectivity index (χ0v) is 20.8. The molecule has 2 aromatic carbocycles. The second-order valence-corrected chi connectivity index (χ2v) is 9.09. The van der Waals surface area contributed by atoms with Gasteiger partial charge in [-0.15, -0.1) is 0 Å². The molecule has 188 valence electrons. The summed E-state index contributed by atoms with van der Waals surface area (Å²) in [5, 5.41) is 11.2. The zero-order valence-electron chi connectivity index (χ0n) is 20.8. The highest BCUT2D eigenvalue weighted by molar-refractivity contribution is 5.43. The first kappa shape index (κ1) is 25.0. The largest absolute Gasteiger partial charge is 0.493 e. The monoisotopic (exact) mass is 481 g/mol. The van der Waals surface area contributed by atoms with Gasteiger partial charge in [-0.1, -0.05) is 18.2 Å². The van der Waals surface area contributed by atoms with Gasteiger partial charge in [0.15, 0.2) is 11.5 Å². The molecule has 0 saturated carbocycles. The van der Waals surface area contributed by atoms with E-state index in [4.69, 9.17) is 18.9 Å². The molecule has 1 aliphatic rings. The lowest BCUT2D eigenvalue weighted by Crippen LogP contribution is -2.48. The van der Waals surface area contributed by atoms with Crippen molar-refractivity contribution in [2.45, 2.75) is 32.5 Å². The van der Waals surface area contributed by atoms with Crippen molar-refractivity contribution in [2.75, 3.05) is 46.6 Å². The van der Waals surface area contributed by atoms with E-state index < -0.39 is 5.60 Å². The van der Waals surface area contributed by atoms with Gasteiger partial charge in [0.2, 0.25) is 0 Å². The van der Waals surface area contributed by atoms with E-state index in [9.17, 15) is 5.11 Å². The van der Waals surface area contributed by atoms with E-state index in [1.807, 2.05) is 67.1 Å². The molecule has 0 unspecified atom stereocenters. The number of β-amino-alcohol motifs (C(OH)–C–C–N with tert-alkyl or cyclic N) is 1. The van der Waals surface area contributed by atoms with Crippen LogP contribution in [0.25, 0.3) is 0 Å². The predicted molar refractivity (Wildman–Crippen MR) is 133 cm³/mol. The van der Waals surface area contributed by atoms with Crippen LogP contribution in [0.1, 0.15) is 17.0 Å². The van der Waals surface area contributed by atoms with Gasteiger partial charge < -0.3 is 28.6 Å². The second kappa shape index (κ2) is 11.6. The van der Waals surface area contributed by atoms with E-state index in [0.29, 0.717) is 44.3 Å². The van der Waals surface area contributed by atoms with Gasteiger partial charge in [-0.25, -0.2) is 4.98 Å². The fourth-order valence-corrected chi connectivity index (χ4v) is 4.22. The Morgan fingerprint density at radius 2 is 2.00 bits per heavy atom. The number of imidazole rings is 1. The van der Waals surface area contributed by atoms with Crippen LogP contribution in [-0.2, 0) is 17.8 Å². The molecule has 4 rings (SSSR count). The topological polar surface area (TPSA) is 78.2 Å². The lowest BCUT2D eigenvalue weighted by atomic mass is 10.1. The summed E-state index contributed by atoms with van der Waals surface area (Å²) in [6.45, 7) is 8.00. The molecule has 1 N–H and O–H groups in total. The molecular weight excluding hydrogens is 446 g/mol. The normalized spacial score (nSPS) is 18.7. The molecule has 3 aromatic rings. The molecule has 1 saturated heterocycles. The number of hydrogen-bond acceptors (Lipinski definition) is 7. The molecular formula is C27H35N3O5. The van der Waals surface area contributed by atoms with Crippen LogP contribution in [0.3, 0.4) is 0 Å². The number of rotatable bonds is 10. The molecule has 2 heterocycles. The third-order valence-corrected chi connectivity index (χ3v) is 6.09. The molecule has 8 heteroatoms. The number of hydrogen-bond donors (Lipinski definition) is 1. The summed E-state index contributed by atoms with van der Waals surface area (Å²) in [4.78, 5) is 6.42. The van der Waals surface area contributed by atoms with E-state index in [-0.39, 0.29) is 13.2 Å². The van der Waals surface area contributed by atoms with Crippen LogP contribution in [0, 0.1) is 13.8 Å². The Kier molecular flexibility index (Phi) is 8.28. The third kappa shape index (κ3) is 6.97. The molecule has 35 heavy (non-hydrogen) atoms. The molecule has 1 fully saturated rings. The van der Waals surface area contributed by atoms with Crippen LogP contribution in [0.2, 0.25) is 0 Å². The first-order chi connectivity index (χ1) is 16.9. The van der Waals surface area contributed by atoms with Crippen LogP contribution < -0.4 is 14.2 Å². The van der Waals surface area contributed by atoms with Crippen LogP contribution in [0.15, 0.2) is 54.9 Å². The summed E-state index contributed by atoms with van der Waals surface area (Å²) < 4.78 is 25.2. The zero-order chi connectivity index (χ0) is 24.7. The van der Waals surface area contributed by atoms with Gasteiger partial charge in [0.1, 0.15) is 30.4 Å². The molecule has 0 amide bonds. The SMILES string of the molecule is COc1cc(CN2CCOC[C@@](O)(COc3cccc(C)c3)C2)ccc1OCCn1ccnc1C. The van der Waals surface area contributed by atoms with Gasteiger partial charge in [0, 0.05) is 32.0 Å². The average molecular weight is 482 g/mol. The van der Waals surface area contributed by atoms with E-state index in [1.165, 1.54) is 0 Å². The van der Waals surface area contributed by atoms with Crippen LogP contribution in [0.4, 0.5) is 0 Å².